The number of nitrogens with zero attached hydrogens (tertiary/aromatic N) is 1. The summed E-state index contributed by atoms with van der Waals surface area (Å²) in [6, 6.07) is -0.194. The summed E-state index contributed by atoms with van der Waals surface area (Å²) in [4.78, 5) is 27.0. The molecule has 1 amide bonds. The first-order valence-electron chi connectivity index (χ1n) is 12.3. The van der Waals surface area contributed by atoms with Crippen LogP contribution in [-0.4, -0.2) is 62.5 Å². The van der Waals surface area contributed by atoms with Crippen molar-refractivity contribution in [2.45, 2.75) is 117 Å². The first kappa shape index (κ1) is 29.1. The van der Waals surface area contributed by atoms with Gasteiger partial charge in [-0.3, -0.25) is 14.5 Å². The molecule has 1 N–H and O–H groups in total. The molecule has 4 atom stereocenters. The van der Waals surface area contributed by atoms with Crippen LogP contribution in [0.15, 0.2) is 0 Å². The molecule has 0 radical (unpaired) electrons. The third-order valence-electron chi connectivity index (χ3n) is 6.92. The molecule has 7 heteroatoms. The predicted octanol–water partition coefficient (Wildman–Crippen LogP) is 4.98. The molecule has 2 unspecified atom stereocenters. The highest BCUT2D eigenvalue weighted by Crippen LogP contribution is 2.38. The molecule has 0 spiro atoms. The molecule has 0 aromatic heterocycles. The van der Waals surface area contributed by atoms with Gasteiger partial charge in [-0.05, 0) is 70.5 Å². The molecular weight excluding hydrogens is 420 g/mol. The highest BCUT2D eigenvalue weighted by molar-refractivity contribution is 6.74. The second-order valence-electron chi connectivity index (χ2n) is 12.2. The van der Waals surface area contributed by atoms with E-state index in [9.17, 15) is 9.59 Å². The Morgan fingerprint density at radius 3 is 2.22 bits per heavy atom. The molecule has 1 aliphatic heterocycles. The average molecular weight is 471 g/mol. The molecule has 32 heavy (non-hydrogen) atoms. The molecule has 0 saturated carbocycles. The maximum atomic E-state index is 13.1. The highest BCUT2D eigenvalue weighted by Gasteiger charge is 2.43. The van der Waals surface area contributed by atoms with Crippen molar-refractivity contribution in [2.75, 3.05) is 19.7 Å². The smallest absolute Gasteiger partial charge is 0.323 e. The lowest BCUT2D eigenvalue weighted by atomic mass is 9.95. The van der Waals surface area contributed by atoms with Gasteiger partial charge in [-0.2, -0.15) is 0 Å². The van der Waals surface area contributed by atoms with Crippen molar-refractivity contribution in [1.82, 2.24) is 10.2 Å². The van der Waals surface area contributed by atoms with Crippen LogP contribution in [0.1, 0.15) is 81.6 Å². The Kier molecular flexibility index (Phi) is 10.4. The minimum Gasteiger partial charge on any atom is -0.459 e. The first-order chi connectivity index (χ1) is 14.5. The molecule has 0 aliphatic carbocycles. The zero-order valence-corrected chi connectivity index (χ0v) is 23.6. The monoisotopic (exact) mass is 470 g/mol. The van der Waals surface area contributed by atoms with Gasteiger partial charge in [0.1, 0.15) is 11.6 Å². The number of carbonyl (C=O) groups is 2. The summed E-state index contributed by atoms with van der Waals surface area (Å²) in [5, 5.41) is 3.22. The SMILES string of the molecule is CCCC(CN1C[C@H](CO[Si](C)(C)C(C)(C)C)C[C@@H]1C(=O)OC(C)(C)C)C(C)NC(C)=O. The normalized spacial score (nSPS) is 22.5. The fourth-order valence-electron chi connectivity index (χ4n) is 4.09. The number of hydrogen-bond acceptors (Lipinski definition) is 5. The number of rotatable bonds is 10. The molecule has 1 heterocycles. The Labute approximate surface area is 198 Å². The Balaban J connectivity index is 2.99. The van der Waals surface area contributed by atoms with Crippen molar-refractivity contribution in [3.63, 3.8) is 0 Å². The van der Waals surface area contributed by atoms with E-state index in [2.05, 4.69) is 57.9 Å². The van der Waals surface area contributed by atoms with Crippen LogP contribution in [0.5, 0.6) is 0 Å². The summed E-state index contributed by atoms with van der Waals surface area (Å²) in [6.45, 7) is 25.1. The second-order valence-corrected chi connectivity index (χ2v) is 17.0. The Morgan fingerprint density at radius 2 is 1.75 bits per heavy atom. The predicted molar refractivity (Wildman–Crippen MR) is 134 cm³/mol. The van der Waals surface area contributed by atoms with Crippen LogP contribution in [0.3, 0.4) is 0 Å². The summed E-state index contributed by atoms with van der Waals surface area (Å²) in [7, 11) is -1.85. The Morgan fingerprint density at radius 1 is 1.16 bits per heavy atom. The van der Waals surface area contributed by atoms with Crippen molar-refractivity contribution in [3.05, 3.63) is 0 Å². The molecule has 0 aromatic rings. The van der Waals surface area contributed by atoms with Crippen molar-refractivity contribution < 1.29 is 18.8 Å². The van der Waals surface area contributed by atoms with E-state index in [1.54, 1.807) is 6.92 Å². The van der Waals surface area contributed by atoms with Gasteiger partial charge in [-0.1, -0.05) is 34.1 Å². The van der Waals surface area contributed by atoms with Crippen LogP contribution in [0, 0.1) is 11.8 Å². The summed E-state index contributed by atoms with van der Waals surface area (Å²) in [6.07, 6.45) is 2.80. The maximum Gasteiger partial charge on any atom is 0.323 e. The van der Waals surface area contributed by atoms with Gasteiger partial charge in [0.05, 0.1) is 0 Å². The van der Waals surface area contributed by atoms with Crippen LogP contribution in [-0.2, 0) is 18.8 Å². The third-order valence-corrected chi connectivity index (χ3v) is 11.4. The van der Waals surface area contributed by atoms with Gasteiger partial charge in [-0.25, -0.2) is 0 Å². The number of esters is 1. The molecule has 1 saturated heterocycles. The molecule has 0 aromatic carbocycles. The zero-order chi connectivity index (χ0) is 24.9. The number of amides is 1. The molecule has 1 rings (SSSR count). The van der Waals surface area contributed by atoms with Crippen LogP contribution < -0.4 is 5.32 Å². The van der Waals surface area contributed by atoms with Crippen LogP contribution in [0.25, 0.3) is 0 Å². The van der Waals surface area contributed by atoms with Gasteiger partial charge in [0.15, 0.2) is 8.32 Å². The van der Waals surface area contributed by atoms with E-state index in [-0.39, 0.29) is 34.9 Å². The van der Waals surface area contributed by atoms with Gasteiger partial charge >= 0.3 is 5.97 Å². The van der Waals surface area contributed by atoms with Gasteiger partial charge in [0.25, 0.3) is 0 Å². The fourth-order valence-corrected chi connectivity index (χ4v) is 5.17. The second kappa shape index (κ2) is 11.5. The minimum atomic E-state index is -1.85. The average Bonchev–Trinajstić information content (AvgIpc) is 3.00. The van der Waals surface area contributed by atoms with Crippen molar-refractivity contribution in [2.24, 2.45) is 11.8 Å². The molecule has 1 aliphatic rings. The van der Waals surface area contributed by atoms with E-state index in [4.69, 9.17) is 9.16 Å². The summed E-state index contributed by atoms with van der Waals surface area (Å²) < 4.78 is 12.3. The molecule has 0 bridgehead atoms. The number of ether oxygens (including phenoxy) is 1. The van der Waals surface area contributed by atoms with Crippen molar-refractivity contribution in [3.8, 4) is 0 Å². The number of nitrogens with one attached hydrogen (secondary N) is 1. The number of carbonyl (C=O) groups excluding carboxylic acids is 2. The van der Waals surface area contributed by atoms with Crippen LogP contribution in [0.2, 0.25) is 18.1 Å². The standard InChI is InChI=1S/C25H50N2O4Si/c1-12-13-21(18(2)26-19(3)28)16-27-15-20(17-30-32(10,11)25(7,8)9)14-22(27)23(29)31-24(4,5)6/h18,20-22H,12-17H2,1-11H3,(H,26,28)/t18?,20-,21?,22-/m1/s1. The Hall–Kier alpha value is -0.923. The molecular formula is C25H50N2O4Si. The topological polar surface area (TPSA) is 67.9 Å². The van der Waals surface area contributed by atoms with E-state index < -0.39 is 13.9 Å². The van der Waals surface area contributed by atoms with E-state index in [0.717, 1.165) is 32.4 Å². The maximum absolute atomic E-state index is 13.1. The lowest BCUT2D eigenvalue weighted by molar-refractivity contribution is -0.160. The summed E-state index contributed by atoms with van der Waals surface area (Å²) >= 11 is 0. The largest absolute Gasteiger partial charge is 0.459 e. The van der Waals surface area contributed by atoms with Crippen LogP contribution in [0.4, 0.5) is 0 Å². The van der Waals surface area contributed by atoms with Gasteiger partial charge in [0.2, 0.25) is 5.91 Å². The quantitative estimate of drug-likeness (QED) is 0.360. The van der Waals surface area contributed by atoms with Crippen molar-refractivity contribution in [1.29, 1.82) is 0 Å². The van der Waals surface area contributed by atoms with Gasteiger partial charge in [0, 0.05) is 32.7 Å². The summed E-state index contributed by atoms with van der Waals surface area (Å²) in [5.74, 6) is 0.438. The lowest BCUT2D eigenvalue weighted by Crippen LogP contribution is -2.47. The number of likely N-dealkylation sites (tertiary alicyclic amines) is 1. The fraction of sp³-hybridized carbons (Fsp3) is 0.920. The minimum absolute atomic E-state index is 0.00985. The third kappa shape index (κ3) is 9.14. The first-order valence-corrected chi connectivity index (χ1v) is 15.3. The van der Waals surface area contributed by atoms with Gasteiger partial charge < -0.3 is 14.5 Å². The van der Waals surface area contributed by atoms with Crippen LogP contribution >= 0.6 is 0 Å². The summed E-state index contributed by atoms with van der Waals surface area (Å²) in [5.41, 5.74) is -0.509. The van der Waals surface area contributed by atoms with E-state index in [1.807, 2.05) is 20.8 Å². The van der Waals surface area contributed by atoms with Gasteiger partial charge in [-0.15, -0.1) is 0 Å². The molecule has 188 valence electrons. The van der Waals surface area contributed by atoms with E-state index in [1.165, 1.54) is 0 Å². The zero-order valence-electron chi connectivity index (χ0n) is 22.6. The van der Waals surface area contributed by atoms with E-state index in [0.29, 0.717) is 12.5 Å². The van der Waals surface area contributed by atoms with E-state index >= 15 is 0 Å². The molecule has 1 fully saturated rings. The van der Waals surface area contributed by atoms with Crippen molar-refractivity contribution >= 4 is 20.2 Å². The molecule has 6 nitrogen and oxygen atoms in total. The Bertz CT molecular complexity index is 624. The highest BCUT2D eigenvalue weighted by atomic mass is 28.4. The lowest BCUT2D eigenvalue weighted by Gasteiger charge is -2.37. The number of hydrogen-bond donors (Lipinski definition) is 1.